The Morgan fingerprint density at radius 1 is 1.19 bits per heavy atom. The molecule has 0 unspecified atom stereocenters. The fourth-order valence-electron chi connectivity index (χ4n) is 2.78. The van der Waals surface area contributed by atoms with Crippen molar-refractivity contribution in [1.29, 1.82) is 0 Å². The molecule has 8 heteroatoms. The normalized spacial score (nSPS) is 14.7. The first kappa shape index (κ1) is 19.7. The van der Waals surface area contributed by atoms with Crippen LogP contribution in [0, 0.1) is 10.1 Å². The smallest absolute Gasteiger partial charge is 0.344 e. The van der Waals surface area contributed by atoms with E-state index in [9.17, 15) is 19.7 Å². The van der Waals surface area contributed by atoms with Crippen molar-refractivity contribution in [3.05, 3.63) is 33.9 Å². The van der Waals surface area contributed by atoms with Gasteiger partial charge in [-0.25, -0.2) is 9.59 Å². The molecule has 0 bridgehead atoms. The average molecular weight is 364 g/mol. The van der Waals surface area contributed by atoms with E-state index in [0.29, 0.717) is 5.69 Å². The molecule has 0 saturated carbocycles. The minimum Gasteiger partial charge on any atom is -0.457 e. The number of hydrogen-bond acceptors (Lipinski definition) is 7. The fourth-order valence-corrected chi connectivity index (χ4v) is 2.78. The van der Waals surface area contributed by atoms with Gasteiger partial charge in [-0.05, 0) is 52.2 Å². The Labute approximate surface area is 152 Å². The standard InChI is InChI=1S/C18H24N2O6/c1-18(2,3)26-16(21)12-25-17(22)13-7-8-14(15(11-13)20(23)24)19-9-5-4-6-10-19/h7-8,11H,4-6,9-10,12H2,1-3H3. The Morgan fingerprint density at radius 3 is 2.42 bits per heavy atom. The minimum atomic E-state index is -0.802. The number of hydrogen-bond donors (Lipinski definition) is 0. The summed E-state index contributed by atoms with van der Waals surface area (Å²) in [7, 11) is 0. The second kappa shape index (κ2) is 8.16. The molecule has 8 nitrogen and oxygen atoms in total. The molecule has 1 saturated heterocycles. The topological polar surface area (TPSA) is 99.0 Å². The molecule has 2 rings (SSSR count). The lowest BCUT2D eigenvalue weighted by atomic mass is 10.1. The number of esters is 2. The minimum absolute atomic E-state index is 0.0287. The van der Waals surface area contributed by atoms with Crippen LogP contribution in [0.3, 0.4) is 0 Å². The summed E-state index contributed by atoms with van der Waals surface area (Å²) in [4.78, 5) is 36.6. The van der Waals surface area contributed by atoms with E-state index in [0.717, 1.165) is 32.4 Å². The fraction of sp³-hybridized carbons (Fsp3) is 0.556. The van der Waals surface area contributed by atoms with Gasteiger partial charge in [0.2, 0.25) is 0 Å². The Hall–Kier alpha value is -2.64. The predicted octanol–water partition coefficient (Wildman–Crippen LogP) is 3.08. The Kier molecular flexibility index (Phi) is 6.18. The van der Waals surface area contributed by atoms with Gasteiger partial charge in [0, 0.05) is 19.2 Å². The summed E-state index contributed by atoms with van der Waals surface area (Å²) in [6.07, 6.45) is 3.08. The summed E-state index contributed by atoms with van der Waals surface area (Å²) in [5.41, 5.74) is -0.295. The number of anilines is 1. The van der Waals surface area contributed by atoms with Crippen molar-refractivity contribution in [2.24, 2.45) is 0 Å². The molecular weight excluding hydrogens is 340 g/mol. The van der Waals surface area contributed by atoms with E-state index in [4.69, 9.17) is 9.47 Å². The lowest BCUT2D eigenvalue weighted by Gasteiger charge is -2.28. The number of carbonyl (C=O) groups excluding carboxylic acids is 2. The maximum Gasteiger partial charge on any atom is 0.344 e. The van der Waals surface area contributed by atoms with E-state index in [1.807, 2.05) is 4.90 Å². The van der Waals surface area contributed by atoms with Crippen LogP contribution in [0.4, 0.5) is 11.4 Å². The van der Waals surface area contributed by atoms with E-state index in [1.165, 1.54) is 12.1 Å². The molecule has 1 aliphatic heterocycles. The van der Waals surface area contributed by atoms with Crippen molar-refractivity contribution in [3.63, 3.8) is 0 Å². The zero-order valence-electron chi connectivity index (χ0n) is 15.3. The van der Waals surface area contributed by atoms with E-state index in [1.54, 1.807) is 26.8 Å². The lowest BCUT2D eigenvalue weighted by Crippen LogP contribution is -2.30. The van der Waals surface area contributed by atoms with Crippen molar-refractivity contribution in [1.82, 2.24) is 0 Å². The average Bonchev–Trinajstić information content (AvgIpc) is 2.58. The molecule has 142 valence electrons. The molecule has 1 aliphatic rings. The molecule has 1 aromatic carbocycles. The van der Waals surface area contributed by atoms with E-state index < -0.39 is 29.1 Å². The number of nitrogens with zero attached hydrogens (tertiary/aromatic N) is 2. The highest BCUT2D eigenvalue weighted by Gasteiger charge is 2.24. The van der Waals surface area contributed by atoms with Crippen LogP contribution in [0.15, 0.2) is 18.2 Å². The molecule has 0 amide bonds. The largest absolute Gasteiger partial charge is 0.457 e. The summed E-state index contributed by atoms with van der Waals surface area (Å²) >= 11 is 0. The van der Waals surface area contributed by atoms with Crippen molar-refractivity contribution < 1.29 is 24.0 Å². The summed E-state index contributed by atoms with van der Waals surface area (Å²) in [6, 6.07) is 4.24. The van der Waals surface area contributed by atoms with Crippen LogP contribution in [0.5, 0.6) is 0 Å². The van der Waals surface area contributed by atoms with Crippen LogP contribution in [0.2, 0.25) is 0 Å². The third-order valence-electron chi connectivity index (χ3n) is 3.85. The summed E-state index contributed by atoms with van der Waals surface area (Å²) in [5, 5.41) is 11.4. The number of nitro benzene ring substituents is 1. The highest BCUT2D eigenvalue weighted by Crippen LogP contribution is 2.31. The van der Waals surface area contributed by atoms with Crippen LogP contribution in [-0.4, -0.2) is 42.2 Å². The van der Waals surface area contributed by atoms with Gasteiger partial charge in [-0.2, -0.15) is 0 Å². The van der Waals surface area contributed by atoms with Gasteiger partial charge in [-0.1, -0.05) is 0 Å². The van der Waals surface area contributed by atoms with Gasteiger partial charge in [0.1, 0.15) is 11.3 Å². The van der Waals surface area contributed by atoms with Crippen molar-refractivity contribution >= 4 is 23.3 Å². The predicted molar refractivity (Wildman–Crippen MR) is 95.3 cm³/mol. The SMILES string of the molecule is CC(C)(C)OC(=O)COC(=O)c1ccc(N2CCCCC2)c([N+](=O)[O-])c1. The first-order valence-electron chi connectivity index (χ1n) is 8.60. The number of benzene rings is 1. The van der Waals surface area contributed by atoms with Crippen LogP contribution in [0.25, 0.3) is 0 Å². The van der Waals surface area contributed by atoms with Gasteiger partial charge in [0.05, 0.1) is 10.5 Å². The first-order chi connectivity index (χ1) is 12.2. The third-order valence-corrected chi connectivity index (χ3v) is 3.85. The number of piperidine rings is 1. The quantitative estimate of drug-likeness (QED) is 0.450. The lowest BCUT2D eigenvalue weighted by molar-refractivity contribution is -0.384. The number of rotatable bonds is 5. The van der Waals surface area contributed by atoms with Crippen LogP contribution >= 0.6 is 0 Å². The van der Waals surface area contributed by atoms with E-state index in [-0.39, 0.29) is 11.3 Å². The molecule has 1 fully saturated rings. The molecule has 0 spiro atoms. The Morgan fingerprint density at radius 2 is 1.85 bits per heavy atom. The Balaban J connectivity index is 2.09. The van der Waals surface area contributed by atoms with Crippen molar-refractivity contribution in [2.75, 3.05) is 24.6 Å². The zero-order chi connectivity index (χ0) is 19.3. The van der Waals surface area contributed by atoms with Gasteiger partial charge in [0.25, 0.3) is 5.69 Å². The number of nitro groups is 1. The zero-order valence-corrected chi connectivity index (χ0v) is 15.3. The van der Waals surface area contributed by atoms with Crippen molar-refractivity contribution in [2.45, 2.75) is 45.6 Å². The molecule has 0 N–H and O–H groups in total. The first-order valence-corrected chi connectivity index (χ1v) is 8.60. The van der Waals surface area contributed by atoms with Crippen molar-refractivity contribution in [3.8, 4) is 0 Å². The maximum atomic E-state index is 12.1. The van der Waals surface area contributed by atoms with Gasteiger partial charge >= 0.3 is 11.9 Å². The van der Waals surface area contributed by atoms with E-state index in [2.05, 4.69) is 0 Å². The number of carbonyl (C=O) groups is 2. The van der Waals surface area contributed by atoms with Gasteiger partial charge in [0.15, 0.2) is 6.61 Å². The highest BCUT2D eigenvalue weighted by atomic mass is 16.6. The van der Waals surface area contributed by atoms with Gasteiger partial charge in [-0.15, -0.1) is 0 Å². The monoisotopic (exact) mass is 364 g/mol. The van der Waals surface area contributed by atoms with Gasteiger partial charge in [-0.3, -0.25) is 10.1 Å². The number of ether oxygens (including phenoxy) is 2. The summed E-state index contributed by atoms with van der Waals surface area (Å²) in [5.74, 6) is -1.48. The molecule has 26 heavy (non-hydrogen) atoms. The molecule has 0 aliphatic carbocycles. The van der Waals surface area contributed by atoms with E-state index >= 15 is 0 Å². The molecular formula is C18H24N2O6. The summed E-state index contributed by atoms with van der Waals surface area (Å²) < 4.78 is 9.96. The van der Waals surface area contributed by atoms with Crippen LogP contribution < -0.4 is 4.90 Å². The molecule has 1 heterocycles. The molecule has 0 atom stereocenters. The second-order valence-electron chi connectivity index (χ2n) is 7.17. The summed E-state index contributed by atoms with van der Waals surface area (Å²) in [6.45, 7) is 6.07. The van der Waals surface area contributed by atoms with Crippen LogP contribution in [-0.2, 0) is 14.3 Å². The maximum absolute atomic E-state index is 12.1. The molecule has 0 aromatic heterocycles. The third kappa shape index (κ3) is 5.44. The molecule has 1 aromatic rings. The highest BCUT2D eigenvalue weighted by molar-refractivity contribution is 5.92. The molecule has 0 radical (unpaired) electrons. The van der Waals surface area contributed by atoms with Gasteiger partial charge < -0.3 is 14.4 Å². The Bertz CT molecular complexity index is 689. The second-order valence-corrected chi connectivity index (χ2v) is 7.17. The van der Waals surface area contributed by atoms with Crippen LogP contribution in [0.1, 0.15) is 50.4 Å².